The van der Waals surface area contributed by atoms with Gasteiger partial charge >= 0.3 is 0 Å². The second kappa shape index (κ2) is 6.09. The highest BCUT2D eigenvalue weighted by Crippen LogP contribution is 2.27. The zero-order chi connectivity index (χ0) is 13.8. The molecule has 1 amide bonds. The first-order valence-corrected chi connectivity index (χ1v) is 7.06. The van der Waals surface area contributed by atoms with Crippen LogP contribution in [0.4, 0.5) is 0 Å². The molecule has 19 heavy (non-hydrogen) atoms. The Morgan fingerprint density at radius 3 is 2.74 bits per heavy atom. The fraction of sp³-hybridized carbons (Fsp3) is 0.562. The lowest BCUT2D eigenvalue weighted by Gasteiger charge is -2.17. The highest BCUT2D eigenvalue weighted by Gasteiger charge is 2.19. The Kier molecular flexibility index (Phi) is 4.46. The average molecular weight is 261 g/mol. The Morgan fingerprint density at radius 1 is 1.37 bits per heavy atom. The minimum Gasteiger partial charge on any atom is -0.496 e. The lowest BCUT2D eigenvalue weighted by atomic mass is 9.98. The number of benzene rings is 1. The van der Waals surface area contributed by atoms with Crippen LogP contribution in [-0.4, -0.2) is 31.0 Å². The van der Waals surface area contributed by atoms with Crippen LogP contribution < -0.4 is 4.74 Å². The van der Waals surface area contributed by atoms with Crippen LogP contribution in [0.1, 0.15) is 43.7 Å². The molecular weight excluding hydrogens is 238 g/mol. The third kappa shape index (κ3) is 3.28. The fourth-order valence-electron chi connectivity index (χ4n) is 2.60. The third-order valence-electron chi connectivity index (χ3n) is 3.76. The maximum absolute atomic E-state index is 11.6. The van der Waals surface area contributed by atoms with Gasteiger partial charge in [0.05, 0.1) is 7.11 Å². The summed E-state index contributed by atoms with van der Waals surface area (Å²) in [5.74, 6) is 1.71. The molecule has 0 unspecified atom stereocenters. The molecule has 104 valence electrons. The predicted octanol–water partition coefficient (Wildman–Crippen LogP) is 2.98. The highest BCUT2D eigenvalue weighted by atomic mass is 16.5. The number of amides is 1. The number of nitrogens with zero attached hydrogens (tertiary/aromatic N) is 1. The van der Waals surface area contributed by atoms with Gasteiger partial charge in [-0.2, -0.15) is 0 Å². The van der Waals surface area contributed by atoms with E-state index in [4.69, 9.17) is 4.74 Å². The van der Waals surface area contributed by atoms with Gasteiger partial charge in [0.15, 0.2) is 0 Å². The number of carbonyl (C=O) groups is 1. The number of hydrogen-bond donors (Lipinski definition) is 0. The van der Waals surface area contributed by atoms with Crippen molar-refractivity contribution in [1.82, 2.24) is 4.90 Å². The zero-order valence-electron chi connectivity index (χ0n) is 12.1. The van der Waals surface area contributed by atoms with Crippen molar-refractivity contribution >= 4 is 5.91 Å². The number of methoxy groups -OCH3 is 1. The lowest BCUT2D eigenvalue weighted by Crippen LogP contribution is -2.26. The summed E-state index contributed by atoms with van der Waals surface area (Å²) in [6, 6.07) is 6.35. The summed E-state index contributed by atoms with van der Waals surface area (Å²) < 4.78 is 5.39. The fourth-order valence-corrected chi connectivity index (χ4v) is 2.60. The van der Waals surface area contributed by atoms with Crippen molar-refractivity contribution in [3.8, 4) is 5.75 Å². The molecule has 2 rings (SSSR count). The van der Waals surface area contributed by atoms with E-state index in [0.29, 0.717) is 11.8 Å². The number of rotatable bonds is 5. The molecule has 0 saturated carbocycles. The quantitative estimate of drug-likeness (QED) is 0.815. The summed E-state index contributed by atoms with van der Waals surface area (Å²) in [7, 11) is 1.71. The molecule has 1 fully saturated rings. The van der Waals surface area contributed by atoms with E-state index in [0.717, 1.165) is 38.1 Å². The van der Waals surface area contributed by atoms with Crippen molar-refractivity contribution in [3.05, 3.63) is 29.3 Å². The monoisotopic (exact) mass is 261 g/mol. The van der Waals surface area contributed by atoms with Crippen molar-refractivity contribution in [2.24, 2.45) is 0 Å². The lowest BCUT2D eigenvalue weighted by molar-refractivity contribution is -0.127. The van der Waals surface area contributed by atoms with E-state index in [-0.39, 0.29) is 0 Å². The summed E-state index contributed by atoms with van der Waals surface area (Å²) in [5.41, 5.74) is 2.52. The van der Waals surface area contributed by atoms with Gasteiger partial charge in [-0.25, -0.2) is 0 Å². The molecule has 0 N–H and O–H groups in total. The molecule has 1 saturated heterocycles. The summed E-state index contributed by atoms with van der Waals surface area (Å²) in [6.07, 6.45) is 2.66. The van der Waals surface area contributed by atoms with Crippen molar-refractivity contribution < 1.29 is 9.53 Å². The van der Waals surface area contributed by atoms with Gasteiger partial charge in [0, 0.05) is 19.5 Å². The average Bonchev–Trinajstić information content (AvgIpc) is 2.81. The normalized spacial score (nSPS) is 15.4. The SMILES string of the molecule is COc1ccc(CCN2CCCC2=O)cc1C(C)C. The van der Waals surface area contributed by atoms with Crippen molar-refractivity contribution in [2.75, 3.05) is 20.2 Å². The summed E-state index contributed by atoms with van der Waals surface area (Å²) in [6.45, 7) is 6.10. The third-order valence-corrected chi connectivity index (χ3v) is 3.76. The minimum atomic E-state index is 0.303. The van der Waals surface area contributed by atoms with Gasteiger partial charge < -0.3 is 9.64 Å². The van der Waals surface area contributed by atoms with Crippen LogP contribution >= 0.6 is 0 Å². The van der Waals surface area contributed by atoms with Gasteiger partial charge in [-0.15, -0.1) is 0 Å². The smallest absolute Gasteiger partial charge is 0.222 e. The Hall–Kier alpha value is -1.51. The molecule has 1 aromatic carbocycles. The van der Waals surface area contributed by atoms with Crippen LogP contribution in [0.25, 0.3) is 0 Å². The molecule has 3 nitrogen and oxygen atoms in total. The summed E-state index contributed by atoms with van der Waals surface area (Å²) in [5, 5.41) is 0. The number of likely N-dealkylation sites (tertiary alicyclic amines) is 1. The number of hydrogen-bond acceptors (Lipinski definition) is 2. The molecule has 3 heteroatoms. The molecule has 1 aliphatic heterocycles. The Bertz CT molecular complexity index is 454. The molecule has 1 aromatic rings. The molecule has 1 heterocycles. The van der Waals surface area contributed by atoms with Crippen LogP contribution in [0.2, 0.25) is 0 Å². The van der Waals surface area contributed by atoms with Gasteiger partial charge in [-0.3, -0.25) is 4.79 Å². The Labute approximate surface area is 115 Å². The van der Waals surface area contributed by atoms with E-state index in [1.165, 1.54) is 11.1 Å². The van der Waals surface area contributed by atoms with Gasteiger partial charge in [0.1, 0.15) is 5.75 Å². The number of carbonyl (C=O) groups excluding carboxylic acids is 1. The molecule has 0 aliphatic carbocycles. The summed E-state index contributed by atoms with van der Waals surface area (Å²) >= 11 is 0. The number of ether oxygens (including phenoxy) is 1. The van der Waals surface area contributed by atoms with E-state index >= 15 is 0 Å². The molecule has 0 bridgehead atoms. The molecule has 0 spiro atoms. The first kappa shape index (κ1) is 13.9. The highest BCUT2D eigenvalue weighted by molar-refractivity contribution is 5.78. The molecular formula is C16H23NO2. The van der Waals surface area contributed by atoms with E-state index in [1.807, 2.05) is 11.0 Å². The van der Waals surface area contributed by atoms with Crippen LogP contribution in [0.3, 0.4) is 0 Å². The van der Waals surface area contributed by atoms with E-state index in [1.54, 1.807) is 7.11 Å². The van der Waals surface area contributed by atoms with Crippen LogP contribution in [0.15, 0.2) is 18.2 Å². The van der Waals surface area contributed by atoms with Crippen molar-refractivity contribution in [3.63, 3.8) is 0 Å². The van der Waals surface area contributed by atoms with Crippen molar-refractivity contribution in [2.45, 2.75) is 39.0 Å². The van der Waals surface area contributed by atoms with E-state index in [2.05, 4.69) is 26.0 Å². The van der Waals surface area contributed by atoms with Crippen LogP contribution in [-0.2, 0) is 11.2 Å². The van der Waals surface area contributed by atoms with E-state index in [9.17, 15) is 4.79 Å². The first-order valence-electron chi connectivity index (χ1n) is 7.06. The topological polar surface area (TPSA) is 29.5 Å². The minimum absolute atomic E-state index is 0.303. The maximum atomic E-state index is 11.6. The molecule has 0 radical (unpaired) electrons. The second-order valence-corrected chi connectivity index (χ2v) is 5.47. The van der Waals surface area contributed by atoms with E-state index < -0.39 is 0 Å². The second-order valence-electron chi connectivity index (χ2n) is 5.47. The predicted molar refractivity (Wildman–Crippen MR) is 76.6 cm³/mol. The van der Waals surface area contributed by atoms with Gasteiger partial charge in [0.2, 0.25) is 5.91 Å². The van der Waals surface area contributed by atoms with Gasteiger partial charge in [-0.1, -0.05) is 26.0 Å². The van der Waals surface area contributed by atoms with Crippen LogP contribution in [0.5, 0.6) is 5.75 Å². The van der Waals surface area contributed by atoms with Crippen LogP contribution in [0, 0.1) is 0 Å². The van der Waals surface area contributed by atoms with Gasteiger partial charge in [0.25, 0.3) is 0 Å². The Balaban J connectivity index is 2.04. The largest absolute Gasteiger partial charge is 0.496 e. The van der Waals surface area contributed by atoms with Crippen molar-refractivity contribution in [1.29, 1.82) is 0 Å². The Morgan fingerprint density at radius 2 is 2.16 bits per heavy atom. The van der Waals surface area contributed by atoms with Gasteiger partial charge in [-0.05, 0) is 36.0 Å². The standard InChI is InChI=1S/C16H23NO2/c1-12(2)14-11-13(6-7-15(14)19-3)8-10-17-9-4-5-16(17)18/h6-7,11-12H,4-5,8-10H2,1-3H3. The first-order chi connectivity index (χ1) is 9.11. The molecule has 1 aliphatic rings. The summed E-state index contributed by atoms with van der Waals surface area (Å²) in [4.78, 5) is 13.5. The molecule has 0 aromatic heterocycles. The maximum Gasteiger partial charge on any atom is 0.222 e. The zero-order valence-corrected chi connectivity index (χ0v) is 12.1. The molecule has 0 atom stereocenters.